The zero-order valence-corrected chi connectivity index (χ0v) is 12.0. The highest BCUT2D eigenvalue weighted by Gasteiger charge is 2.42. The van der Waals surface area contributed by atoms with Gasteiger partial charge in [0.15, 0.2) is 0 Å². The molecule has 1 aromatic rings. The number of thioether (sulfide) groups is 2. The van der Waals surface area contributed by atoms with E-state index in [1.54, 1.807) is 30.6 Å². The molecule has 96 valence electrons. The predicted molar refractivity (Wildman–Crippen MR) is 78.2 cm³/mol. The molecule has 1 fully saturated rings. The van der Waals surface area contributed by atoms with Gasteiger partial charge >= 0.3 is 0 Å². The van der Waals surface area contributed by atoms with Crippen LogP contribution in [0.4, 0.5) is 5.69 Å². The predicted octanol–water partition coefficient (Wildman–Crippen LogP) is 2.41. The largest absolute Gasteiger partial charge is 0.309 e. The van der Waals surface area contributed by atoms with Crippen LogP contribution >= 0.6 is 23.5 Å². The van der Waals surface area contributed by atoms with Crippen molar-refractivity contribution in [1.82, 2.24) is 0 Å². The Kier molecular flexibility index (Phi) is 4.02. The number of nitrogens with zero attached hydrogens (tertiary/aromatic N) is 1. The smallest absolute Gasteiger partial charge is 0.296 e. The SMILES string of the molecule is CN(C(=O)C(=O)C1(C)SCCS1)c1ccccc1. The molecule has 0 spiro atoms. The first-order valence-corrected chi connectivity index (χ1v) is 7.67. The van der Waals surface area contributed by atoms with Crippen LogP contribution in [0.2, 0.25) is 0 Å². The summed E-state index contributed by atoms with van der Waals surface area (Å²) in [6.45, 7) is 1.84. The molecule has 1 amide bonds. The van der Waals surface area contributed by atoms with Gasteiger partial charge < -0.3 is 4.90 Å². The maximum absolute atomic E-state index is 12.2. The second-order valence-electron chi connectivity index (χ2n) is 4.17. The Balaban J connectivity index is 2.14. The minimum atomic E-state index is -0.611. The van der Waals surface area contributed by atoms with Gasteiger partial charge in [-0.15, -0.1) is 23.5 Å². The van der Waals surface area contributed by atoms with Gasteiger partial charge in [-0.2, -0.15) is 0 Å². The topological polar surface area (TPSA) is 37.4 Å². The molecular formula is C13H15NO2S2. The average molecular weight is 281 g/mol. The molecule has 5 heteroatoms. The fraction of sp³-hybridized carbons (Fsp3) is 0.385. The molecule has 0 bridgehead atoms. The Morgan fingerprint density at radius 3 is 2.28 bits per heavy atom. The number of carbonyl (C=O) groups excluding carboxylic acids is 2. The summed E-state index contributed by atoms with van der Waals surface area (Å²) in [5.41, 5.74) is 0.743. The summed E-state index contributed by atoms with van der Waals surface area (Å²) in [7, 11) is 1.64. The molecular weight excluding hydrogens is 266 g/mol. The van der Waals surface area contributed by atoms with Crippen LogP contribution in [-0.4, -0.2) is 34.3 Å². The molecule has 1 aromatic carbocycles. The monoisotopic (exact) mass is 281 g/mol. The second kappa shape index (κ2) is 5.36. The van der Waals surface area contributed by atoms with Crippen molar-refractivity contribution in [3.8, 4) is 0 Å². The quantitative estimate of drug-likeness (QED) is 0.797. The third-order valence-electron chi connectivity index (χ3n) is 2.89. The van der Waals surface area contributed by atoms with Crippen molar-refractivity contribution in [3.63, 3.8) is 0 Å². The number of carbonyl (C=O) groups is 2. The summed E-state index contributed by atoms with van der Waals surface area (Å²) in [6, 6.07) is 9.23. The van der Waals surface area contributed by atoms with E-state index in [-0.39, 0.29) is 5.78 Å². The van der Waals surface area contributed by atoms with Crippen molar-refractivity contribution < 1.29 is 9.59 Å². The summed E-state index contributed by atoms with van der Waals surface area (Å²) in [5, 5.41) is 0. The lowest BCUT2D eigenvalue weighted by Gasteiger charge is -2.23. The van der Waals surface area contributed by atoms with Gasteiger partial charge in [0, 0.05) is 24.2 Å². The van der Waals surface area contributed by atoms with E-state index >= 15 is 0 Å². The Bertz CT molecular complexity index is 455. The molecule has 1 heterocycles. The minimum Gasteiger partial charge on any atom is -0.309 e. The lowest BCUT2D eigenvalue weighted by Crippen LogP contribution is -2.42. The van der Waals surface area contributed by atoms with Crippen molar-refractivity contribution in [2.24, 2.45) is 0 Å². The first-order chi connectivity index (χ1) is 8.54. The third-order valence-corrected chi connectivity index (χ3v) is 6.15. The van der Waals surface area contributed by atoms with Crippen LogP contribution in [-0.2, 0) is 9.59 Å². The Hall–Kier alpha value is -0.940. The highest BCUT2D eigenvalue weighted by molar-refractivity contribution is 8.22. The van der Waals surface area contributed by atoms with Crippen LogP contribution in [0.25, 0.3) is 0 Å². The molecule has 0 N–H and O–H groups in total. The number of rotatable bonds is 3. The normalized spacial score (nSPS) is 17.4. The molecule has 1 aliphatic rings. The maximum Gasteiger partial charge on any atom is 0.296 e. The first kappa shape index (κ1) is 13.5. The van der Waals surface area contributed by atoms with Crippen LogP contribution < -0.4 is 4.90 Å². The van der Waals surface area contributed by atoms with E-state index in [4.69, 9.17) is 0 Å². The van der Waals surface area contributed by atoms with Gasteiger partial charge in [-0.3, -0.25) is 9.59 Å². The number of amides is 1. The van der Waals surface area contributed by atoms with Gasteiger partial charge in [0.2, 0.25) is 5.78 Å². The summed E-state index contributed by atoms with van der Waals surface area (Å²) in [5.74, 6) is 1.09. The number of hydrogen-bond donors (Lipinski definition) is 0. The molecule has 18 heavy (non-hydrogen) atoms. The molecule has 0 aromatic heterocycles. The molecule has 0 aliphatic carbocycles. The molecule has 1 aliphatic heterocycles. The number of anilines is 1. The van der Waals surface area contributed by atoms with Gasteiger partial charge in [0.05, 0.1) is 0 Å². The van der Waals surface area contributed by atoms with Crippen molar-refractivity contribution in [2.75, 3.05) is 23.5 Å². The van der Waals surface area contributed by atoms with E-state index in [1.165, 1.54) is 4.90 Å². The van der Waals surface area contributed by atoms with Gasteiger partial charge in [-0.1, -0.05) is 18.2 Å². The van der Waals surface area contributed by atoms with E-state index in [9.17, 15) is 9.59 Å². The van der Waals surface area contributed by atoms with Crippen LogP contribution in [0.1, 0.15) is 6.92 Å². The molecule has 0 radical (unpaired) electrons. The van der Waals surface area contributed by atoms with Crippen molar-refractivity contribution in [3.05, 3.63) is 30.3 Å². The molecule has 0 saturated carbocycles. The lowest BCUT2D eigenvalue weighted by atomic mass is 10.2. The fourth-order valence-corrected chi connectivity index (χ4v) is 4.48. The number of hydrogen-bond acceptors (Lipinski definition) is 4. The molecule has 0 atom stereocenters. The Labute approximate surface area is 115 Å². The van der Waals surface area contributed by atoms with Crippen LogP contribution in [0.15, 0.2) is 30.3 Å². The minimum absolute atomic E-state index is 0.318. The highest BCUT2D eigenvalue weighted by atomic mass is 32.2. The lowest BCUT2D eigenvalue weighted by molar-refractivity contribution is -0.136. The van der Waals surface area contributed by atoms with Gasteiger partial charge in [-0.05, 0) is 19.1 Å². The summed E-state index contributed by atoms with van der Waals surface area (Å²) < 4.78 is -0.611. The Morgan fingerprint density at radius 1 is 1.17 bits per heavy atom. The summed E-state index contributed by atoms with van der Waals surface area (Å²) in [6.07, 6.45) is 0. The van der Waals surface area contributed by atoms with Crippen molar-refractivity contribution in [2.45, 2.75) is 11.0 Å². The van der Waals surface area contributed by atoms with E-state index in [1.807, 2.05) is 37.3 Å². The molecule has 2 rings (SSSR count). The van der Waals surface area contributed by atoms with Crippen molar-refractivity contribution >= 4 is 40.9 Å². The van der Waals surface area contributed by atoms with Gasteiger partial charge in [0.25, 0.3) is 5.91 Å². The molecule has 3 nitrogen and oxygen atoms in total. The van der Waals surface area contributed by atoms with E-state index in [2.05, 4.69) is 0 Å². The second-order valence-corrected chi connectivity index (χ2v) is 7.46. The van der Waals surface area contributed by atoms with Crippen LogP contribution in [0.5, 0.6) is 0 Å². The third kappa shape index (κ3) is 2.57. The molecule has 0 unspecified atom stereocenters. The fourth-order valence-electron chi connectivity index (χ4n) is 1.76. The standard InChI is InChI=1S/C13H15NO2S2/c1-13(17-8-9-18-13)11(15)12(16)14(2)10-6-4-3-5-7-10/h3-7H,8-9H2,1-2H3. The number of likely N-dealkylation sites (N-methyl/N-ethyl adjacent to an activating group) is 1. The van der Waals surface area contributed by atoms with E-state index in [0.29, 0.717) is 0 Å². The van der Waals surface area contributed by atoms with Crippen LogP contribution in [0, 0.1) is 0 Å². The Morgan fingerprint density at radius 2 is 1.72 bits per heavy atom. The number of ketones is 1. The zero-order valence-electron chi connectivity index (χ0n) is 10.4. The average Bonchev–Trinajstić information content (AvgIpc) is 2.85. The number of para-hydroxylation sites is 1. The maximum atomic E-state index is 12.2. The highest BCUT2D eigenvalue weighted by Crippen LogP contribution is 2.44. The van der Waals surface area contributed by atoms with Gasteiger partial charge in [0.1, 0.15) is 4.08 Å². The number of benzene rings is 1. The summed E-state index contributed by atoms with van der Waals surface area (Å²) >= 11 is 3.12. The zero-order chi connectivity index (χ0) is 13.2. The molecule has 1 saturated heterocycles. The van der Waals surface area contributed by atoms with E-state index < -0.39 is 9.99 Å². The number of Topliss-reactive ketones (excluding diaryl/α,β-unsaturated/α-hetero) is 1. The van der Waals surface area contributed by atoms with E-state index in [0.717, 1.165) is 17.2 Å². The van der Waals surface area contributed by atoms with Gasteiger partial charge in [-0.25, -0.2) is 0 Å². The van der Waals surface area contributed by atoms with Crippen LogP contribution in [0.3, 0.4) is 0 Å². The van der Waals surface area contributed by atoms with Crippen molar-refractivity contribution in [1.29, 1.82) is 0 Å². The summed E-state index contributed by atoms with van der Waals surface area (Å²) in [4.78, 5) is 25.9. The first-order valence-electron chi connectivity index (χ1n) is 5.70.